The van der Waals surface area contributed by atoms with Crippen LogP contribution in [0.2, 0.25) is 0 Å². The van der Waals surface area contributed by atoms with Crippen molar-refractivity contribution in [1.29, 1.82) is 0 Å². The minimum Gasteiger partial charge on any atom is -0.480 e. The Morgan fingerprint density at radius 1 is 1.17 bits per heavy atom. The Hall–Kier alpha value is -1.46. The molecule has 0 fully saturated rings. The number of nitrogens with one attached hydrogen (secondary N) is 2. The van der Waals surface area contributed by atoms with Crippen LogP contribution < -0.4 is 16.4 Å². The average Bonchev–Trinajstić information content (AvgIpc) is 2.49. The number of hydrogen-bond acceptors (Lipinski definition) is 7. The molecule has 0 aliphatic carbocycles. The molecule has 0 aromatic carbocycles. The summed E-state index contributed by atoms with van der Waals surface area (Å²) in [5.74, 6) is -2.43. The molecule has 23 heavy (non-hydrogen) atoms. The first-order valence-electron chi connectivity index (χ1n) is 6.79. The molecule has 0 aromatic heterocycles. The van der Waals surface area contributed by atoms with Gasteiger partial charge in [-0.3, -0.25) is 19.2 Å². The van der Waals surface area contributed by atoms with Gasteiger partial charge in [0, 0.05) is 17.9 Å². The average molecular weight is 367 g/mol. The Kier molecular flexibility index (Phi) is 11.3. The molecule has 0 bridgehead atoms. The lowest BCUT2D eigenvalue weighted by Crippen LogP contribution is -2.49. The maximum atomic E-state index is 11.9. The monoisotopic (exact) mass is 367 g/mol. The SMILES string of the molecule is CCSSCC(NC(=O)CCC(N)C(=O)O)C(=O)NCC(=O)O. The van der Waals surface area contributed by atoms with Crippen molar-refractivity contribution < 1.29 is 29.4 Å². The van der Waals surface area contributed by atoms with Crippen LogP contribution in [0.4, 0.5) is 0 Å². The molecule has 2 amide bonds. The third-order valence-electron chi connectivity index (χ3n) is 2.50. The maximum absolute atomic E-state index is 11.9. The first kappa shape index (κ1) is 21.5. The van der Waals surface area contributed by atoms with Gasteiger partial charge in [0.2, 0.25) is 11.8 Å². The third kappa shape index (κ3) is 10.8. The molecule has 0 rings (SSSR count). The lowest BCUT2D eigenvalue weighted by atomic mass is 10.1. The van der Waals surface area contributed by atoms with Crippen molar-refractivity contribution in [1.82, 2.24) is 10.6 Å². The van der Waals surface area contributed by atoms with E-state index in [2.05, 4.69) is 10.6 Å². The quantitative estimate of drug-likeness (QED) is 0.221. The summed E-state index contributed by atoms with van der Waals surface area (Å²) < 4.78 is 0. The van der Waals surface area contributed by atoms with Gasteiger partial charge in [-0.15, -0.1) is 0 Å². The zero-order valence-corrected chi connectivity index (χ0v) is 14.2. The highest BCUT2D eigenvalue weighted by atomic mass is 33.1. The Morgan fingerprint density at radius 2 is 1.83 bits per heavy atom. The summed E-state index contributed by atoms with van der Waals surface area (Å²) in [4.78, 5) is 44.7. The number of carboxylic acid groups (broad SMARTS) is 2. The van der Waals surface area contributed by atoms with Crippen LogP contribution in [0.25, 0.3) is 0 Å². The number of aliphatic carboxylic acids is 2. The molecule has 0 heterocycles. The summed E-state index contributed by atoms with van der Waals surface area (Å²) in [5, 5.41) is 21.9. The van der Waals surface area contributed by atoms with Crippen LogP contribution in [0.5, 0.6) is 0 Å². The van der Waals surface area contributed by atoms with Crippen molar-refractivity contribution in [3.05, 3.63) is 0 Å². The van der Waals surface area contributed by atoms with Crippen molar-refractivity contribution in [3.63, 3.8) is 0 Å². The largest absolute Gasteiger partial charge is 0.480 e. The molecule has 9 nitrogen and oxygen atoms in total. The second-order valence-corrected chi connectivity index (χ2v) is 7.20. The van der Waals surface area contributed by atoms with Gasteiger partial charge in [0.25, 0.3) is 0 Å². The van der Waals surface area contributed by atoms with Gasteiger partial charge >= 0.3 is 11.9 Å². The van der Waals surface area contributed by atoms with E-state index < -0.39 is 42.4 Å². The number of rotatable bonds is 12. The van der Waals surface area contributed by atoms with Gasteiger partial charge in [-0.25, -0.2) is 0 Å². The second kappa shape index (κ2) is 12.0. The predicted octanol–water partition coefficient (Wildman–Crippen LogP) is -0.735. The van der Waals surface area contributed by atoms with Crippen LogP contribution in [0, 0.1) is 0 Å². The van der Waals surface area contributed by atoms with Gasteiger partial charge in [0.1, 0.15) is 18.6 Å². The summed E-state index contributed by atoms with van der Waals surface area (Å²) in [5.41, 5.74) is 5.30. The molecular formula is C12H21N3O6S2. The Labute approximate surface area is 141 Å². The molecule has 132 valence electrons. The first-order chi connectivity index (χ1) is 10.8. The number of carbonyl (C=O) groups is 4. The lowest BCUT2D eigenvalue weighted by molar-refractivity contribution is -0.139. The summed E-state index contributed by atoms with van der Waals surface area (Å²) >= 11 is 0. The number of nitrogens with two attached hydrogens (primary N) is 1. The lowest BCUT2D eigenvalue weighted by Gasteiger charge is -2.17. The summed E-state index contributed by atoms with van der Waals surface area (Å²) in [6.45, 7) is 1.39. The molecule has 2 unspecified atom stereocenters. The van der Waals surface area contributed by atoms with Crippen LogP contribution >= 0.6 is 21.6 Å². The smallest absolute Gasteiger partial charge is 0.322 e. The maximum Gasteiger partial charge on any atom is 0.322 e. The molecule has 0 aliphatic heterocycles. The van der Waals surface area contributed by atoms with Crippen molar-refractivity contribution in [3.8, 4) is 0 Å². The third-order valence-corrected chi connectivity index (χ3v) is 4.99. The fraction of sp³-hybridized carbons (Fsp3) is 0.667. The molecule has 6 N–H and O–H groups in total. The molecule has 0 aliphatic rings. The summed E-state index contributed by atoms with van der Waals surface area (Å²) in [6, 6.07) is -2.04. The Bertz CT molecular complexity index is 435. The van der Waals surface area contributed by atoms with Gasteiger partial charge in [-0.1, -0.05) is 28.5 Å². The molecule has 2 atom stereocenters. The van der Waals surface area contributed by atoms with E-state index in [0.29, 0.717) is 0 Å². The van der Waals surface area contributed by atoms with Gasteiger partial charge in [-0.2, -0.15) is 0 Å². The highest BCUT2D eigenvalue weighted by Gasteiger charge is 2.22. The van der Waals surface area contributed by atoms with Crippen LogP contribution in [-0.2, 0) is 19.2 Å². The van der Waals surface area contributed by atoms with E-state index in [1.54, 1.807) is 0 Å². The zero-order chi connectivity index (χ0) is 17.8. The highest BCUT2D eigenvalue weighted by Crippen LogP contribution is 2.21. The minimum atomic E-state index is -1.21. The van der Waals surface area contributed by atoms with E-state index >= 15 is 0 Å². The fourth-order valence-corrected chi connectivity index (χ4v) is 3.18. The molecule has 0 saturated heterocycles. The normalized spacial score (nSPS) is 13.0. The number of amides is 2. The molecule has 0 saturated carbocycles. The standard InChI is InChI=1S/C12H21N3O6S2/c1-2-22-23-6-8(11(19)14-5-10(17)18)15-9(16)4-3-7(13)12(20)21/h7-8H,2-6,13H2,1H3,(H,14,19)(H,15,16)(H,17,18)(H,20,21). The number of carbonyl (C=O) groups excluding carboxylic acids is 2. The number of hydrogen-bond donors (Lipinski definition) is 5. The van der Waals surface area contributed by atoms with E-state index in [-0.39, 0.29) is 18.6 Å². The van der Waals surface area contributed by atoms with E-state index in [1.807, 2.05) is 6.92 Å². The Balaban J connectivity index is 4.48. The van der Waals surface area contributed by atoms with Gasteiger partial charge in [0.05, 0.1) is 0 Å². The fourth-order valence-electron chi connectivity index (χ4n) is 1.34. The van der Waals surface area contributed by atoms with Gasteiger partial charge in [-0.05, 0) is 6.42 Å². The molecule has 0 spiro atoms. The molecule has 0 radical (unpaired) electrons. The second-order valence-electron chi connectivity index (χ2n) is 4.41. The van der Waals surface area contributed by atoms with E-state index in [1.165, 1.54) is 21.6 Å². The molecule has 0 aromatic rings. The molecule has 11 heteroatoms. The highest BCUT2D eigenvalue weighted by molar-refractivity contribution is 8.76. The van der Waals surface area contributed by atoms with Crippen LogP contribution in [-0.4, -0.2) is 64.1 Å². The van der Waals surface area contributed by atoms with Crippen molar-refractivity contribution in [2.75, 3.05) is 18.1 Å². The summed E-state index contributed by atoms with van der Waals surface area (Å²) in [7, 11) is 2.87. The van der Waals surface area contributed by atoms with E-state index in [4.69, 9.17) is 15.9 Å². The minimum absolute atomic E-state index is 0.0541. The van der Waals surface area contributed by atoms with Crippen LogP contribution in [0.1, 0.15) is 19.8 Å². The van der Waals surface area contributed by atoms with Crippen LogP contribution in [0.3, 0.4) is 0 Å². The Morgan fingerprint density at radius 3 is 2.35 bits per heavy atom. The molecular weight excluding hydrogens is 346 g/mol. The predicted molar refractivity (Wildman–Crippen MR) is 88.0 cm³/mol. The van der Waals surface area contributed by atoms with Crippen molar-refractivity contribution in [2.24, 2.45) is 5.73 Å². The first-order valence-corrected chi connectivity index (χ1v) is 9.28. The summed E-state index contributed by atoms with van der Waals surface area (Å²) in [6.07, 6.45) is -0.191. The van der Waals surface area contributed by atoms with Gasteiger partial charge in [0.15, 0.2) is 0 Å². The van der Waals surface area contributed by atoms with Gasteiger partial charge < -0.3 is 26.6 Å². The number of carboxylic acids is 2. The van der Waals surface area contributed by atoms with E-state index in [9.17, 15) is 19.2 Å². The topological polar surface area (TPSA) is 159 Å². The zero-order valence-electron chi connectivity index (χ0n) is 12.6. The van der Waals surface area contributed by atoms with Crippen LogP contribution in [0.15, 0.2) is 0 Å². The van der Waals surface area contributed by atoms with E-state index in [0.717, 1.165) is 5.75 Å². The van der Waals surface area contributed by atoms with Crippen molar-refractivity contribution in [2.45, 2.75) is 31.8 Å². The van der Waals surface area contributed by atoms with Crippen molar-refractivity contribution >= 4 is 45.3 Å².